The lowest BCUT2D eigenvalue weighted by Gasteiger charge is -2.03. The van der Waals surface area contributed by atoms with E-state index in [1.807, 2.05) is 31.2 Å². The second kappa shape index (κ2) is 5.93. The second-order valence-electron chi connectivity index (χ2n) is 4.41. The van der Waals surface area contributed by atoms with E-state index in [9.17, 15) is 15.3 Å². The first kappa shape index (κ1) is 13.7. The molecule has 0 aliphatic carbocycles. The van der Waals surface area contributed by atoms with Gasteiger partial charge in [-0.05, 0) is 42.3 Å². The van der Waals surface area contributed by atoms with Gasteiger partial charge in [-0.1, -0.05) is 23.8 Å². The molecule has 4 nitrogen and oxygen atoms in total. The van der Waals surface area contributed by atoms with Crippen molar-refractivity contribution in [3.05, 3.63) is 59.4 Å². The number of rotatable bonds is 3. The third-order valence-corrected chi connectivity index (χ3v) is 2.73. The molecule has 0 spiro atoms. The molecule has 0 saturated heterocycles. The highest BCUT2D eigenvalue weighted by atomic mass is 16.3. The topological polar surface area (TPSA) is 73.6 Å². The van der Waals surface area contributed by atoms with Gasteiger partial charge in [-0.3, -0.25) is 4.98 Å². The Labute approximate surface area is 117 Å². The average Bonchev–Trinajstić information content (AvgIpc) is 2.43. The predicted molar refractivity (Wildman–Crippen MR) is 78.4 cm³/mol. The maximum absolute atomic E-state index is 9.44. The summed E-state index contributed by atoms with van der Waals surface area (Å²) in [7, 11) is 0. The van der Waals surface area contributed by atoms with E-state index < -0.39 is 5.75 Å². The van der Waals surface area contributed by atoms with Crippen LogP contribution in [0.2, 0.25) is 0 Å². The lowest BCUT2D eigenvalue weighted by molar-refractivity contribution is 0.368. The molecule has 0 aliphatic rings. The molecular weight excluding hydrogens is 254 g/mol. The van der Waals surface area contributed by atoms with Crippen molar-refractivity contribution in [1.29, 1.82) is 0 Å². The molecule has 1 aromatic carbocycles. The number of aromatic nitrogens is 1. The number of hydrogen-bond acceptors (Lipinski definition) is 4. The van der Waals surface area contributed by atoms with Crippen molar-refractivity contribution in [2.75, 3.05) is 0 Å². The summed E-state index contributed by atoms with van der Waals surface area (Å²) in [5.74, 6) is -1.20. The Bertz CT molecular complexity index is 638. The largest absolute Gasteiger partial charge is 0.504 e. The van der Waals surface area contributed by atoms with E-state index in [0.29, 0.717) is 5.56 Å². The molecule has 0 fully saturated rings. The van der Waals surface area contributed by atoms with Crippen molar-refractivity contribution in [2.45, 2.75) is 6.92 Å². The van der Waals surface area contributed by atoms with Gasteiger partial charge >= 0.3 is 0 Å². The lowest BCUT2D eigenvalue weighted by Crippen LogP contribution is -1.78. The molecule has 2 aromatic rings. The normalized spacial score (nSPS) is 11.9. The number of aromatic hydroxyl groups is 3. The summed E-state index contributed by atoms with van der Waals surface area (Å²) in [4.78, 5) is 3.94. The molecule has 20 heavy (non-hydrogen) atoms. The SMILES string of the molecule is CC(/C=C/c1ccncc1)=C\c1cc(O)c(O)c(O)c1. The number of allylic oxidation sites excluding steroid dienone is 2. The molecule has 0 atom stereocenters. The quantitative estimate of drug-likeness (QED) is 0.590. The Hall–Kier alpha value is -2.75. The third-order valence-electron chi connectivity index (χ3n) is 2.73. The molecule has 2 rings (SSSR count). The van der Waals surface area contributed by atoms with E-state index in [2.05, 4.69) is 4.98 Å². The van der Waals surface area contributed by atoms with Gasteiger partial charge in [0, 0.05) is 12.4 Å². The van der Waals surface area contributed by atoms with Crippen molar-refractivity contribution in [3.63, 3.8) is 0 Å². The predicted octanol–water partition coefficient (Wildman–Crippen LogP) is 3.32. The van der Waals surface area contributed by atoms with E-state index in [1.54, 1.807) is 18.5 Å². The van der Waals surface area contributed by atoms with Crippen molar-refractivity contribution in [2.24, 2.45) is 0 Å². The zero-order valence-electron chi connectivity index (χ0n) is 11.0. The van der Waals surface area contributed by atoms with Gasteiger partial charge in [0.15, 0.2) is 17.2 Å². The van der Waals surface area contributed by atoms with E-state index in [0.717, 1.165) is 11.1 Å². The van der Waals surface area contributed by atoms with E-state index in [1.165, 1.54) is 12.1 Å². The molecule has 0 bridgehead atoms. The number of pyridine rings is 1. The summed E-state index contributed by atoms with van der Waals surface area (Å²) < 4.78 is 0. The first-order chi connectivity index (χ1) is 9.56. The Kier molecular flexibility index (Phi) is 4.05. The van der Waals surface area contributed by atoms with Gasteiger partial charge in [-0.15, -0.1) is 0 Å². The highest BCUT2D eigenvalue weighted by Crippen LogP contribution is 2.35. The van der Waals surface area contributed by atoms with Crippen LogP contribution in [0.3, 0.4) is 0 Å². The molecule has 0 radical (unpaired) electrons. The molecule has 4 heteroatoms. The van der Waals surface area contributed by atoms with E-state index in [4.69, 9.17) is 0 Å². The fourth-order valence-corrected chi connectivity index (χ4v) is 1.72. The van der Waals surface area contributed by atoms with E-state index in [-0.39, 0.29) is 11.5 Å². The fraction of sp³-hybridized carbons (Fsp3) is 0.0625. The van der Waals surface area contributed by atoms with Crippen LogP contribution >= 0.6 is 0 Å². The molecule has 0 aliphatic heterocycles. The molecule has 3 N–H and O–H groups in total. The van der Waals surface area contributed by atoms with Crippen molar-refractivity contribution >= 4 is 12.2 Å². The highest BCUT2D eigenvalue weighted by Gasteiger charge is 2.06. The lowest BCUT2D eigenvalue weighted by atomic mass is 10.1. The van der Waals surface area contributed by atoms with Crippen LogP contribution in [0.5, 0.6) is 17.2 Å². The first-order valence-electron chi connectivity index (χ1n) is 6.07. The van der Waals surface area contributed by atoms with Gasteiger partial charge in [-0.25, -0.2) is 0 Å². The maximum atomic E-state index is 9.44. The first-order valence-corrected chi connectivity index (χ1v) is 6.07. The van der Waals surface area contributed by atoms with E-state index >= 15 is 0 Å². The summed E-state index contributed by atoms with van der Waals surface area (Å²) in [6.07, 6.45) is 9.07. The van der Waals surface area contributed by atoms with Gasteiger partial charge in [-0.2, -0.15) is 0 Å². The molecule has 1 heterocycles. The second-order valence-corrected chi connectivity index (χ2v) is 4.41. The fourth-order valence-electron chi connectivity index (χ4n) is 1.72. The number of hydrogen-bond donors (Lipinski definition) is 3. The van der Waals surface area contributed by atoms with Crippen LogP contribution in [0, 0.1) is 0 Å². The van der Waals surface area contributed by atoms with Gasteiger partial charge in [0.2, 0.25) is 0 Å². The number of benzene rings is 1. The molecule has 1 aromatic heterocycles. The smallest absolute Gasteiger partial charge is 0.200 e. The number of nitrogens with zero attached hydrogens (tertiary/aromatic N) is 1. The zero-order chi connectivity index (χ0) is 14.5. The Morgan fingerprint density at radius 3 is 2.20 bits per heavy atom. The summed E-state index contributed by atoms with van der Waals surface area (Å²) in [6, 6.07) is 6.56. The Morgan fingerprint density at radius 2 is 1.60 bits per heavy atom. The number of phenols is 3. The van der Waals surface area contributed by atoms with Crippen LogP contribution in [0.25, 0.3) is 12.2 Å². The minimum absolute atomic E-state index is 0.345. The Morgan fingerprint density at radius 1 is 1.00 bits per heavy atom. The summed E-state index contributed by atoms with van der Waals surface area (Å²) in [5.41, 5.74) is 2.57. The van der Waals surface area contributed by atoms with Gasteiger partial charge in [0.05, 0.1) is 0 Å². The van der Waals surface area contributed by atoms with Crippen LogP contribution in [-0.2, 0) is 0 Å². The minimum atomic E-state index is -0.507. The van der Waals surface area contributed by atoms with Crippen molar-refractivity contribution < 1.29 is 15.3 Å². The van der Waals surface area contributed by atoms with Gasteiger partial charge in [0.1, 0.15) is 0 Å². The van der Waals surface area contributed by atoms with Crippen molar-refractivity contribution in [1.82, 2.24) is 4.98 Å². The van der Waals surface area contributed by atoms with Crippen molar-refractivity contribution in [3.8, 4) is 17.2 Å². The molecule has 0 unspecified atom stereocenters. The van der Waals surface area contributed by atoms with Crippen LogP contribution in [0.4, 0.5) is 0 Å². The summed E-state index contributed by atoms with van der Waals surface area (Å²) in [5, 5.41) is 28.2. The summed E-state index contributed by atoms with van der Waals surface area (Å²) >= 11 is 0. The molecule has 102 valence electrons. The minimum Gasteiger partial charge on any atom is -0.504 e. The van der Waals surface area contributed by atoms with Gasteiger partial charge < -0.3 is 15.3 Å². The zero-order valence-corrected chi connectivity index (χ0v) is 11.0. The van der Waals surface area contributed by atoms with Crippen LogP contribution in [-0.4, -0.2) is 20.3 Å². The highest BCUT2D eigenvalue weighted by molar-refractivity contribution is 5.65. The molecule has 0 saturated carbocycles. The van der Waals surface area contributed by atoms with Crippen LogP contribution in [0.15, 0.2) is 48.3 Å². The number of phenolic OH excluding ortho intramolecular Hbond substituents is 3. The van der Waals surface area contributed by atoms with Crippen LogP contribution < -0.4 is 0 Å². The average molecular weight is 269 g/mol. The van der Waals surface area contributed by atoms with Crippen LogP contribution in [0.1, 0.15) is 18.1 Å². The summed E-state index contributed by atoms with van der Waals surface area (Å²) in [6.45, 7) is 1.90. The maximum Gasteiger partial charge on any atom is 0.200 e. The Balaban J connectivity index is 2.21. The van der Waals surface area contributed by atoms with Gasteiger partial charge in [0.25, 0.3) is 0 Å². The molecule has 0 amide bonds. The standard InChI is InChI=1S/C16H15NO3/c1-11(2-3-12-4-6-17-7-5-12)8-13-9-14(18)16(20)15(19)10-13/h2-10,18-20H,1H3/b3-2+,11-8+. The monoisotopic (exact) mass is 269 g/mol. The molecular formula is C16H15NO3. The third kappa shape index (κ3) is 3.38.